The smallest absolute Gasteiger partial charge is 0.274 e. The van der Waals surface area contributed by atoms with Gasteiger partial charge in [-0.2, -0.15) is 0 Å². The summed E-state index contributed by atoms with van der Waals surface area (Å²) in [6.07, 6.45) is 1.55. The number of aromatic nitrogens is 1. The fourth-order valence-electron chi connectivity index (χ4n) is 1.98. The van der Waals surface area contributed by atoms with Gasteiger partial charge in [0.05, 0.1) is 0 Å². The third kappa shape index (κ3) is 5.28. The van der Waals surface area contributed by atoms with Crippen LogP contribution < -0.4 is 16.0 Å². The summed E-state index contributed by atoms with van der Waals surface area (Å²) < 4.78 is 0. The molecule has 1 aromatic heterocycles. The zero-order valence-electron chi connectivity index (χ0n) is 13.7. The Morgan fingerprint density at radius 3 is 2.08 bits per heavy atom. The zero-order chi connectivity index (χ0) is 18.2. The molecule has 0 atom stereocenters. The summed E-state index contributed by atoms with van der Waals surface area (Å²) in [5, 5.41) is 7.92. The van der Waals surface area contributed by atoms with E-state index in [1.54, 1.807) is 36.4 Å². The maximum atomic E-state index is 12.3. The predicted octanol–water partition coefficient (Wildman–Crippen LogP) is 2.21. The van der Waals surface area contributed by atoms with E-state index < -0.39 is 5.91 Å². The topological polar surface area (TPSA) is 100 Å². The average molecular weight is 338 g/mol. The Balaban J connectivity index is 2.06. The molecule has 2 aromatic rings. The van der Waals surface area contributed by atoms with E-state index in [-0.39, 0.29) is 23.2 Å². The van der Waals surface area contributed by atoms with Gasteiger partial charge in [0.1, 0.15) is 11.4 Å². The van der Waals surface area contributed by atoms with E-state index in [2.05, 4.69) is 27.5 Å². The number of nitrogens with zero attached hydrogens (tertiary/aromatic N) is 1. The minimum absolute atomic E-state index is 0.122. The molecule has 7 heteroatoms. The molecule has 0 aliphatic rings. The molecule has 1 aromatic carbocycles. The van der Waals surface area contributed by atoms with Gasteiger partial charge in [-0.25, -0.2) is 4.98 Å². The summed E-state index contributed by atoms with van der Waals surface area (Å²) in [5.41, 5.74) is 1.44. The van der Waals surface area contributed by atoms with Gasteiger partial charge in [0, 0.05) is 24.8 Å². The molecule has 128 valence electrons. The first-order valence-corrected chi connectivity index (χ1v) is 7.55. The maximum Gasteiger partial charge on any atom is 0.274 e. The fraction of sp³-hybridized carbons (Fsp3) is 0.111. The van der Waals surface area contributed by atoms with E-state index in [0.717, 1.165) is 0 Å². The SMILES string of the molecule is C=CCNC(=O)c1cccc(C(=O)Nc2ccc(NC(C)=O)cc2)n1. The van der Waals surface area contributed by atoms with Crippen molar-refractivity contribution in [3.8, 4) is 0 Å². The van der Waals surface area contributed by atoms with E-state index in [1.165, 1.54) is 19.1 Å². The van der Waals surface area contributed by atoms with E-state index in [9.17, 15) is 14.4 Å². The predicted molar refractivity (Wildman–Crippen MR) is 95.5 cm³/mol. The second-order valence-electron chi connectivity index (χ2n) is 5.12. The van der Waals surface area contributed by atoms with Crippen LogP contribution in [0, 0.1) is 0 Å². The van der Waals surface area contributed by atoms with Crippen LogP contribution in [0.3, 0.4) is 0 Å². The van der Waals surface area contributed by atoms with Gasteiger partial charge in [0.2, 0.25) is 5.91 Å². The van der Waals surface area contributed by atoms with Gasteiger partial charge in [0.25, 0.3) is 11.8 Å². The van der Waals surface area contributed by atoms with Gasteiger partial charge in [0.15, 0.2) is 0 Å². The molecule has 2 rings (SSSR count). The molecule has 3 N–H and O–H groups in total. The Hall–Kier alpha value is -3.48. The summed E-state index contributed by atoms with van der Waals surface area (Å²) in [5.74, 6) is -0.993. The molecule has 0 spiro atoms. The van der Waals surface area contributed by atoms with Crippen LogP contribution in [0.1, 0.15) is 27.9 Å². The monoisotopic (exact) mass is 338 g/mol. The highest BCUT2D eigenvalue weighted by Crippen LogP contribution is 2.14. The largest absolute Gasteiger partial charge is 0.347 e. The second-order valence-corrected chi connectivity index (χ2v) is 5.12. The van der Waals surface area contributed by atoms with Crippen LogP contribution in [-0.2, 0) is 4.79 Å². The van der Waals surface area contributed by atoms with Crippen molar-refractivity contribution in [2.24, 2.45) is 0 Å². The summed E-state index contributed by atoms with van der Waals surface area (Å²) in [4.78, 5) is 39.2. The molecule has 1 heterocycles. The van der Waals surface area contributed by atoms with Crippen LogP contribution >= 0.6 is 0 Å². The number of carbonyl (C=O) groups is 3. The van der Waals surface area contributed by atoms with Crippen molar-refractivity contribution >= 4 is 29.1 Å². The molecule has 3 amide bonds. The van der Waals surface area contributed by atoms with Crippen molar-refractivity contribution in [3.05, 3.63) is 66.5 Å². The Bertz CT molecular complexity index is 800. The molecule has 7 nitrogen and oxygen atoms in total. The highest BCUT2D eigenvalue weighted by atomic mass is 16.2. The van der Waals surface area contributed by atoms with Crippen LogP contribution in [0.2, 0.25) is 0 Å². The minimum Gasteiger partial charge on any atom is -0.347 e. The van der Waals surface area contributed by atoms with Gasteiger partial charge < -0.3 is 16.0 Å². The highest BCUT2D eigenvalue weighted by Gasteiger charge is 2.12. The van der Waals surface area contributed by atoms with Gasteiger partial charge in [-0.15, -0.1) is 6.58 Å². The van der Waals surface area contributed by atoms with Crippen molar-refractivity contribution < 1.29 is 14.4 Å². The van der Waals surface area contributed by atoms with Crippen molar-refractivity contribution in [1.82, 2.24) is 10.3 Å². The Morgan fingerprint density at radius 2 is 1.52 bits per heavy atom. The average Bonchev–Trinajstić information content (AvgIpc) is 2.61. The second kappa shape index (κ2) is 8.39. The lowest BCUT2D eigenvalue weighted by atomic mass is 10.2. The van der Waals surface area contributed by atoms with Gasteiger partial charge in [-0.05, 0) is 36.4 Å². The third-order valence-electron chi connectivity index (χ3n) is 3.08. The normalized spacial score (nSPS) is 9.80. The van der Waals surface area contributed by atoms with Gasteiger partial charge >= 0.3 is 0 Å². The number of nitrogens with one attached hydrogen (secondary N) is 3. The quantitative estimate of drug-likeness (QED) is 0.703. The van der Waals surface area contributed by atoms with E-state index >= 15 is 0 Å². The first-order chi connectivity index (χ1) is 12.0. The lowest BCUT2D eigenvalue weighted by Crippen LogP contribution is -2.25. The van der Waals surface area contributed by atoms with Crippen LogP contribution in [-0.4, -0.2) is 29.3 Å². The Labute approximate surface area is 145 Å². The number of rotatable bonds is 6. The number of anilines is 2. The summed E-state index contributed by atoms with van der Waals surface area (Å²) in [7, 11) is 0. The van der Waals surface area contributed by atoms with Crippen molar-refractivity contribution in [1.29, 1.82) is 0 Å². The molecule has 0 bridgehead atoms. The molecule has 0 radical (unpaired) electrons. The number of pyridine rings is 1. The molecular formula is C18H18N4O3. The molecule has 0 fully saturated rings. The minimum atomic E-state index is -0.439. The molecule has 0 aliphatic carbocycles. The number of hydrogen-bond acceptors (Lipinski definition) is 4. The molecule has 0 saturated carbocycles. The third-order valence-corrected chi connectivity index (χ3v) is 3.08. The number of benzene rings is 1. The molecular weight excluding hydrogens is 320 g/mol. The van der Waals surface area contributed by atoms with Crippen LogP contribution in [0.25, 0.3) is 0 Å². The van der Waals surface area contributed by atoms with E-state index in [0.29, 0.717) is 17.9 Å². The maximum absolute atomic E-state index is 12.3. The van der Waals surface area contributed by atoms with Crippen LogP contribution in [0.5, 0.6) is 0 Å². The summed E-state index contributed by atoms with van der Waals surface area (Å²) in [6.45, 7) is 5.25. The number of carbonyl (C=O) groups excluding carboxylic acids is 3. The standard InChI is InChI=1S/C18H18N4O3/c1-3-11-19-17(24)15-5-4-6-16(22-15)18(25)21-14-9-7-13(8-10-14)20-12(2)23/h3-10H,1,11H2,2H3,(H,19,24)(H,20,23)(H,21,25). The Morgan fingerprint density at radius 1 is 0.960 bits per heavy atom. The first-order valence-electron chi connectivity index (χ1n) is 7.55. The van der Waals surface area contributed by atoms with Gasteiger partial charge in [-0.3, -0.25) is 14.4 Å². The molecule has 0 aliphatic heterocycles. The zero-order valence-corrected chi connectivity index (χ0v) is 13.7. The fourth-order valence-corrected chi connectivity index (χ4v) is 1.98. The molecule has 25 heavy (non-hydrogen) atoms. The molecule has 0 saturated heterocycles. The van der Waals surface area contributed by atoms with Crippen LogP contribution in [0.4, 0.5) is 11.4 Å². The summed E-state index contributed by atoms with van der Waals surface area (Å²) in [6, 6.07) is 11.3. The van der Waals surface area contributed by atoms with Crippen LogP contribution in [0.15, 0.2) is 55.1 Å². The summed E-state index contributed by atoms with van der Waals surface area (Å²) >= 11 is 0. The highest BCUT2D eigenvalue weighted by molar-refractivity contribution is 6.04. The number of hydrogen-bond donors (Lipinski definition) is 3. The number of amides is 3. The lowest BCUT2D eigenvalue weighted by molar-refractivity contribution is -0.114. The first kappa shape index (κ1) is 17.9. The van der Waals surface area contributed by atoms with Gasteiger partial charge in [-0.1, -0.05) is 12.1 Å². The van der Waals surface area contributed by atoms with Crippen molar-refractivity contribution in [2.75, 3.05) is 17.2 Å². The van der Waals surface area contributed by atoms with E-state index in [4.69, 9.17) is 0 Å². The van der Waals surface area contributed by atoms with Crippen molar-refractivity contribution in [2.45, 2.75) is 6.92 Å². The van der Waals surface area contributed by atoms with E-state index in [1.807, 2.05) is 0 Å². The molecule has 0 unspecified atom stereocenters. The van der Waals surface area contributed by atoms with Crippen molar-refractivity contribution in [3.63, 3.8) is 0 Å². The Kier molecular flexibility index (Phi) is 6.00. The lowest BCUT2D eigenvalue weighted by Gasteiger charge is -2.08.